The molecule has 0 unspecified atom stereocenters. The van der Waals surface area contributed by atoms with E-state index in [2.05, 4.69) is 37.0 Å². The summed E-state index contributed by atoms with van der Waals surface area (Å²) in [6.45, 7) is 6.78. The number of fused-ring (bicyclic) bond motifs is 1. The van der Waals surface area contributed by atoms with Crippen LogP contribution >= 0.6 is 0 Å². The molecule has 0 radical (unpaired) electrons. The fourth-order valence-electron chi connectivity index (χ4n) is 1.99. The van der Waals surface area contributed by atoms with Gasteiger partial charge < -0.3 is 5.73 Å². The fraction of sp³-hybridized carbons (Fsp3) is 0.308. The van der Waals surface area contributed by atoms with Crippen molar-refractivity contribution in [1.29, 1.82) is 0 Å². The maximum absolute atomic E-state index is 5.68. The quantitative estimate of drug-likeness (QED) is 0.768. The molecule has 0 aliphatic rings. The summed E-state index contributed by atoms with van der Waals surface area (Å²) in [5.74, 6) is 0. The summed E-state index contributed by atoms with van der Waals surface area (Å²) in [6, 6.07) is 6.47. The molecule has 1 heterocycles. The number of pyridine rings is 1. The van der Waals surface area contributed by atoms with Crippen molar-refractivity contribution in [2.75, 3.05) is 0 Å². The maximum Gasteiger partial charge on any atom is 0.0734 e. The Balaban J connectivity index is 2.81. The van der Waals surface area contributed by atoms with Gasteiger partial charge in [-0.2, -0.15) is 0 Å². The van der Waals surface area contributed by atoms with E-state index >= 15 is 0 Å². The maximum atomic E-state index is 5.68. The average molecular weight is 200 g/mol. The number of nitrogens with zero attached hydrogens (tertiary/aromatic N) is 1. The summed E-state index contributed by atoms with van der Waals surface area (Å²) >= 11 is 0. The highest BCUT2D eigenvalue weighted by molar-refractivity contribution is 5.83. The molecule has 0 amide bonds. The van der Waals surface area contributed by atoms with Crippen molar-refractivity contribution < 1.29 is 0 Å². The third-order valence-corrected chi connectivity index (χ3v) is 2.77. The zero-order valence-corrected chi connectivity index (χ0v) is 9.46. The number of rotatable bonds is 1. The fourth-order valence-corrected chi connectivity index (χ4v) is 1.99. The van der Waals surface area contributed by atoms with Gasteiger partial charge in [-0.15, -0.1) is 0 Å². The van der Waals surface area contributed by atoms with E-state index in [1.807, 2.05) is 6.92 Å². The Labute approximate surface area is 90.1 Å². The van der Waals surface area contributed by atoms with Crippen molar-refractivity contribution in [1.82, 2.24) is 4.98 Å². The Hall–Kier alpha value is -1.41. The lowest BCUT2D eigenvalue weighted by atomic mass is 10.0. The SMILES string of the molecule is Cc1cc(C)c2nc(C)c(CN)cc2c1. The number of aryl methyl sites for hydroxylation is 3. The van der Waals surface area contributed by atoms with E-state index in [0.717, 1.165) is 16.8 Å². The van der Waals surface area contributed by atoms with Gasteiger partial charge in [-0.1, -0.05) is 11.6 Å². The van der Waals surface area contributed by atoms with Gasteiger partial charge in [0, 0.05) is 17.6 Å². The molecule has 0 atom stereocenters. The second kappa shape index (κ2) is 3.63. The molecule has 2 heteroatoms. The molecule has 1 aromatic heterocycles. The molecule has 2 nitrogen and oxygen atoms in total. The van der Waals surface area contributed by atoms with Crippen molar-refractivity contribution in [3.05, 3.63) is 40.6 Å². The first-order valence-corrected chi connectivity index (χ1v) is 5.19. The van der Waals surface area contributed by atoms with Gasteiger partial charge in [-0.3, -0.25) is 4.98 Å². The van der Waals surface area contributed by atoms with E-state index in [0.29, 0.717) is 6.54 Å². The molecule has 2 aromatic rings. The van der Waals surface area contributed by atoms with Crippen LogP contribution in [0.15, 0.2) is 18.2 Å². The van der Waals surface area contributed by atoms with Crippen LogP contribution in [0.5, 0.6) is 0 Å². The normalized spacial score (nSPS) is 10.9. The number of hydrogen-bond acceptors (Lipinski definition) is 2. The molecular formula is C13H16N2. The van der Waals surface area contributed by atoms with E-state index in [1.54, 1.807) is 0 Å². The van der Waals surface area contributed by atoms with Crippen LogP contribution in [0.4, 0.5) is 0 Å². The molecule has 0 bridgehead atoms. The van der Waals surface area contributed by atoms with Gasteiger partial charge in [0.15, 0.2) is 0 Å². The average Bonchev–Trinajstić information content (AvgIpc) is 2.18. The first kappa shape index (κ1) is 10.1. The molecule has 1 aromatic carbocycles. The minimum atomic E-state index is 0.557. The summed E-state index contributed by atoms with van der Waals surface area (Å²) in [7, 11) is 0. The zero-order chi connectivity index (χ0) is 11.0. The van der Waals surface area contributed by atoms with Crippen LogP contribution in [0.3, 0.4) is 0 Å². The molecule has 0 aliphatic heterocycles. The number of hydrogen-bond donors (Lipinski definition) is 1. The van der Waals surface area contributed by atoms with Crippen LogP contribution in [0.1, 0.15) is 22.4 Å². The third-order valence-electron chi connectivity index (χ3n) is 2.77. The summed E-state index contributed by atoms with van der Waals surface area (Å²) < 4.78 is 0. The van der Waals surface area contributed by atoms with Gasteiger partial charge >= 0.3 is 0 Å². The molecular weight excluding hydrogens is 184 g/mol. The lowest BCUT2D eigenvalue weighted by Crippen LogP contribution is -2.01. The van der Waals surface area contributed by atoms with Crippen LogP contribution in [0, 0.1) is 20.8 Å². The van der Waals surface area contributed by atoms with E-state index in [1.165, 1.54) is 16.5 Å². The van der Waals surface area contributed by atoms with Crippen LogP contribution < -0.4 is 5.73 Å². The van der Waals surface area contributed by atoms with Crippen LogP contribution in [-0.2, 0) is 6.54 Å². The van der Waals surface area contributed by atoms with Gasteiger partial charge in [-0.05, 0) is 44.0 Å². The van der Waals surface area contributed by atoms with Crippen molar-refractivity contribution in [3.63, 3.8) is 0 Å². The monoisotopic (exact) mass is 200 g/mol. The molecule has 2 rings (SSSR count). The summed E-state index contributed by atoms with van der Waals surface area (Å²) in [5.41, 5.74) is 11.4. The lowest BCUT2D eigenvalue weighted by molar-refractivity contribution is 1.02. The first-order chi connectivity index (χ1) is 7.11. The van der Waals surface area contributed by atoms with Gasteiger partial charge in [0.25, 0.3) is 0 Å². The predicted molar refractivity (Wildman–Crippen MR) is 63.8 cm³/mol. The summed E-state index contributed by atoms with van der Waals surface area (Å²) in [6.07, 6.45) is 0. The van der Waals surface area contributed by atoms with Crippen LogP contribution in [-0.4, -0.2) is 4.98 Å². The standard InChI is InChI=1S/C13H16N2/c1-8-4-9(2)13-11(5-8)6-12(7-14)10(3)15-13/h4-6H,7,14H2,1-3H3. The van der Waals surface area contributed by atoms with Crippen molar-refractivity contribution in [2.45, 2.75) is 27.3 Å². The van der Waals surface area contributed by atoms with Gasteiger partial charge in [0.2, 0.25) is 0 Å². The lowest BCUT2D eigenvalue weighted by Gasteiger charge is -2.08. The second-order valence-electron chi connectivity index (χ2n) is 4.09. The Morgan fingerprint density at radius 3 is 2.53 bits per heavy atom. The third kappa shape index (κ3) is 1.73. The zero-order valence-electron chi connectivity index (χ0n) is 9.46. The highest BCUT2D eigenvalue weighted by Crippen LogP contribution is 2.21. The van der Waals surface area contributed by atoms with Crippen molar-refractivity contribution >= 4 is 10.9 Å². The largest absolute Gasteiger partial charge is 0.326 e. The molecule has 0 fully saturated rings. The summed E-state index contributed by atoms with van der Waals surface area (Å²) in [5, 5.41) is 1.19. The topological polar surface area (TPSA) is 38.9 Å². The van der Waals surface area contributed by atoms with Gasteiger partial charge in [-0.25, -0.2) is 0 Å². The molecule has 0 saturated heterocycles. The van der Waals surface area contributed by atoms with E-state index in [9.17, 15) is 0 Å². The number of nitrogens with two attached hydrogens (primary N) is 1. The molecule has 0 aliphatic carbocycles. The Bertz CT molecular complexity index is 515. The van der Waals surface area contributed by atoms with E-state index < -0.39 is 0 Å². The van der Waals surface area contributed by atoms with Gasteiger partial charge in [0.05, 0.1) is 5.52 Å². The minimum Gasteiger partial charge on any atom is -0.326 e. The van der Waals surface area contributed by atoms with Gasteiger partial charge in [0.1, 0.15) is 0 Å². The predicted octanol–water partition coefficient (Wildman–Crippen LogP) is 2.62. The summed E-state index contributed by atoms with van der Waals surface area (Å²) in [4.78, 5) is 4.61. The molecule has 78 valence electrons. The Morgan fingerprint density at radius 1 is 1.13 bits per heavy atom. The van der Waals surface area contributed by atoms with Crippen LogP contribution in [0.25, 0.3) is 10.9 Å². The first-order valence-electron chi connectivity index (χ1n) is 5.19. The highest BCUT2D eigenvalue weighted by Gasteiger charge is 2.04. The van der Waals surface area contributed by atoms with Crippen molar-refractivity contribution in [3.8, 4) is 0 Å². The smallest absolute Gasteiger partial charge is 0.0734 e. The molecule has 15 heavy (non-hydrogen) atoms. The van der Waals surface area contributed by atoms with E-state index in [4.69, 9.17) is 5.73 Å². The van der Waals surface area contributed by atoms with Crippen LogP contribution in [0.2, 0.25) is 0 Å². The number of benzene rings is 1. The second-order valence-corrected chi connectivity index (χ2v) is 4.09. The number of aromatic nitrogens is 1. The Kier molecular flexibility index (Phi) is 2.45. The highest BCUT2D eigenvalue weighted by atomic mass is 14.7. The Morgan fingerprint density at radius 2 is 1.87 bits per heavy atom. The molecule has 0 spiro atoms. The van der Waals surface area contributed by atoms with Crippen molar-refractivity contribution in [2.24, 2.45) is 5.73 Å². The van der Waals surface area contributed by atoms with E-state index in [-0.39, 0.29) is 0 Å². The molecule has 2 N–H and O–H groups in total. The molecule has 0 saturated carbocycles. The minimum absolute atomic E-state index is 0.557.